The van der Waals surface area contributed by atoms with Gasteiger partial charge in [-0.2, -0.15) is 0 Å². The minimum atomic E-state index is -1.15. The van der Waals surface area contributed by atoms with Gasteiger partial charge < -0.3 is 19.5 Å². The van der Waals surface area contributed by atoms with Crippen LogP contribution in [0.4, 0.5) is 0 Å². The van der Waals surface area contributed by atoms with Gasteiger partial charge in [0, 0.05) is 31.4 Å². The Balaban J connectivity index is 1.97. The summed E-state index contributed by atoms with van der Waals surface area (Å²) >= 11 is 0. The fourth-order valence-electron chi connectivity index (χ4n) is 2.16. The van der Waals surface area contributed by atoms with Crippen molar-refractivity contribution in [2.45, 2.75) is 19.9 Å². The van der Waals surface area contributed by atoms with Crippen LogP contribution in [0.5, 0.6) is 5.75 Å². The van der Waals surface area contributed by atoms with E-state index in [0.717, 1.165) is 11.3 Å². The molecule has 0 spiro atoms. The number of carboxylic acids is 1. The Labute approximate surface area is 111 Å². The first-order chi connectivity index (χ1) is 9.10. The van der Waals surface area contributed by atoms with Gasteiger partial charge in [0.1, 0.15) is 5.75 Å². The molecule has 102 valence electrons. The zero-order chi connectivity index (χ0) is 13.8. The highest BCUT2D eigenvalue weighted by atomic mass is 16.5. The summed E-state index contributed by atoms with van der Waals surface area (Å²) in [6.07, 6.45) is 0.0410. The van der Waals surface area contributed by atoms with E-state index in [4.69, 9.17) is 4.74 Å². The summed E-state index contributed by atoms with van der Waals surface area (Å²) in [5.74, 6) is -1.19. The van der Waals surface area contributed by atoms with E-state index in [-0.39, 0.29) is 18.9 Å². The van der Waals surface area contributed by atoms with Crippen molar-refractivity contribution >= 4 is 11.9 Å². The summed E-state index contributed by atoms with van der Waals surface area (Å²) < 4.78 is 5.33. The lowest BCUT2D eigenvalue weighted by Gasteiger charge is -2.17. The molecule has 0 aliphatic carbocycles. The van der Waals surface area contributed by atoms with Crippen LogP contribution in [0.25, 0.3) is 0 Å². The minimum absolute atomic E-state index is 0.0410. The van der Waals surface area contributed by atoms with Gasteiger partial charge in [-0.25, -0.2) is 0 Å². The largest absolute Gasteiger partial charge is 0.550 e. The van der Waals surface area contributed by atoms with E-state index in [1.54, 1.807) is 4.90 Å². The number of hydrogen-bond donors (Lipinski definition) is 0. The van der Waals surface area contributed by atoms with Crippen LogP contribution in [-0.4, -0.2) is 29.9 Å². The third-order valence-corrected chi connectivity index (χ3v) is 3.16. The number of hydrogen-bond acceptors (Lipinski definition) is 4. The lowest BCUT2D eigenvalue weighted by atomic mass is 10.1. The lowest BCUT2D eigenvalue weighted by molar-refractivity contribution is -0.311. The van der Waals surface area contributed by atoms with Gasteiger partial charge in [-0.15, -0.1) is 0 Å². The van der Waals surface area contributed by atoms with E-state index in [2.05, 4.69) is 0 Å². The summed E-state index contributed by atoms with van der Waals surface area (Å²) in [5, 5.41) is 10.8. The summed E-state index contributed by atoms with van der Waals surface area (Å²) in [5.41, 5.74) is 0.954. The van der Waals surface area contributed by atoms with Crippen LogP contribution in [0, 0.1) is 5.92 Å². The summed E-state index contributed by atoms with van der Waals surface area (Å²) in [7, 11) is 0. The third kappa shape index (κ3) is 3.24. The molecule has 1 aliphatic rings. The topological polar surface area (TPSA) is 69.7 Å². The average molecular weight is 262 g/mol. The molecule has 0 aromatic heterocycles. The van der Waals surface area contributed by atoms with Crippen LogP contribution in [0.2, 0.25) is 0 Å². The molecule has 1 atom stereocenters. The van der Waals surface area contributed by atoms with E-state index < -0.39 is 11.9 Å². The number of rotatable bonds is 5. The molecule has 0 radical (unpaired) electrons. The Morgan fingerprint density at radius 1 is 1.42 bits per heavy atom. The number of carboxylic acid groups (broad SMARTS) is 1. The van der Waals surface area contributed by atoms with E-state index in [9.17, 15) is 14.7 Å². The van der Waals surface area contributed by atoms with Crippen LogP contribution in [0.3, 0.4) is 0 Å². The van der Waals surface area contributed by atoms with Gasteiger partial charge in [-0.05, 0) is 24.6 Å². The number of amides is 1. The highest BCUT2D eigenvalue weighted by Crippen LogP contribution is 2.20. The predicted molar refractivity (Wildman–Crippen MR) is 66.1 cm³/mol. The van der Waals surface area contributed by atoms with Crippen molar-refractivity contribution < 1.29 is 19.4 Å². The first kappa shape index (κ1) is 13.4. The highest BCUT2D eigenvalue weighted by Gasteiger charge is 2.30. The SMILES string of the molecule is CCOc1ccc(CN2C[C@H](C(=O)[O-])CC2=O)cc1. The van der Waals surface area contributed by atoms with Crippen LogP contribution in [0.15, 0.2) is 24.3 Å². The number of carbonyl (C=O) groups excluding carboxylic acids is 2. The van der Waals surface area contributed by atoms with Crippen LogP contribution in [-0.2, 0) is 16.1 Å². The number of nitrogens with zero attached hydrogens (tertiary/aromatic N) is 1. The van der Waals surface area contributed by atoms with Crippen molar-refractivity contribution in [3.8, 4) is 5.75 Å². The van der Waals surface area contributed by atoms with Crippen LogP contribution >= 0.6 is 0 Å². The predicted octanol–water partition coefficient (Wildman–Crippen LogP) is 0.184. The molecule has 5 heteroatoms. The molecular weight excluding hydrogens is 246 g/mol. The van der Waals surface area contributed by atoms with Crippen LogP contribution in [0.1, 0.15) is 18.9 Å². The van der Waals surface area contributed by atoms with E-state index in [1.807, 2.05) is 31.2 Å². The molecule has 0 unspecified atom stereocenters. The first-order valence-corrected chi connectivity index (χ1v) is 6.30. The fraction of sp³-hybridized carbons (Fsp3) is 0.429. The van der Waals surface area contributed by atoms with E-state index in [1.165, 1.54) is 0 Å². The molecule has 1 aliphatic heterocycles. The normalized spacial score (nSPS) is 18.7. The van der Waals surface area contributed by atoms with Crippen molar-refractivity contribution in [2.24, 2.45) is 5.92 Å². The Hall–Kier alpha value is -2.04. The Morgan fingerprint density at radius 3 is 2.63 bits per heavy atom. The van der Waals surface area contributed by atoms with Crippen LogP contribution < -0.4 is 9.84 Å². The van der Waals surface area contributed by atoms with Gasteiger partial charge in [-0.3, -0.25) is 4.79 Å². The van der Waals surface area contributed by atoms with Gasteiger partial charge in [0.05, 0.1) is 6.61 Å². The number of ether oxygens (including phenoxy) is 1. The van der Waals surface area contributed by atoms with Gasteiger partial charge in [0.2, 0.25) is 5.91 Å². The molecule has 19 heavy (non-hydrogen) atoms. The van der Waals surface area contributed by atoms with Crippen molar-refractivity contribution in [3.63, 3.8) is 0 Å². The second-order valence-corrected chi connectivity index (χ2v) is 4.57. The molecule has 1 fully saturated rings. The maximum absolute atomic E-state index is 11.7. The Kier molecular flexibility index (Phi) is 4.04. The summed E-state index contributed by atoms with van der Waals surface area (Å²) in [4.78, 5) is 24.0. The number of aliphatic carboxylic acids is 1. The maximum atomic E-state index is 11.7. The molecule has 5 nitrogen and oxygen atoms in total. The standard InChI is InChI=1S/C14H17NO4/c1-2-19-12-5-3-10(4-6-12)8-15-9-11(14(17)18)7-13(15)16/h3-6,11H,2,7-9H2,1H3,(H,17,18)/p-1/t11-/m1/s1. The molecular formula is C14H16NO4-. The zero-order valence-electron chi connectivity index (χ0n) is 10.8. The molecule has 1 aromatic rings. The molecule has 0 N–H and O–H groups in total. The minimum Gasteiger partial charge on any atom is -0.550 e. The van der Waals surface area contributed by atoms with Gasteiger partial charge >= 0.3 is 0 Å². The van der Waals surface area contributed by atoms with Crippen molar-refractivity contribution in [1.29, 1.82) is 0 Å². The van der Waals surface area contributed by atoms with Gasteiger partial charge in [-0.1, -0.05) is 12.1 Å². The summed E-state index contributed by atoms with van der Waals surface area (Å²) in [6, 6.07) is 7.44. The maximum Gasteiger partial charge on any atom is 0.223 e. The second kappa shape index (κ2) is 5.73. The van der Waals surface area contributed by atoms with Crippen molar-refractivity contribution in [3.05, 3.63) is 29.8 Å². The molecule has 0 bridgehead atoms. The number of carbonyl (C=O) groups is 2. The quantitative estimate of drug-likeness (QED) is 0.759. The Morgan fingerprint density at radius 2 is 2.11 bits per heavy atom. The van der Waals surface area contributed by atoms with Gasteiger partial charge in [0.25, 0.3) is 0 Å². The van der Waals surface area contributed by atoms with E-state index in [0.29, 0.717) is 13.2 Å². The fourth-order valence-corrected chi connectivity index (χ4v) is 2.16. The molecule has 1 heterocycles. The third-order valence-electron chi connectivity index (χ3n) is 3.16. The molecule has 0 saturated carbocycles. The average Bonchev–Trinajstić information content (AvgIpc) is 2.74. The van der Waals surface area contributed by atoms with Gasteiger partial charge in [0.15, 0.2) is 0 Å². The van der Waals surface area contributed by atoms with Crippen molar-refractivity contribution in [1.82, 2.24) is 4.90 Å². The number of benzene rings is 1. The second-order valence-electron chi connectivity index (χ2n) is 4.57. The van der Waals surface area contributed by atoms with E-state index >= 15 is 0 Å². The molecule has 1 saturated heterocycles. The molecule has 1 amide bonds. The monoisotopic (exact) mass is 262 g/mol. The smallest absolute Gasteiger partial charge is 0.223 e. The molecule has 2 rings (SSSR count). The Bertz CT molecular complexity index is 469. The summed E-state index contributed by atoms with van der Waals surface area (Å²) in [6.45, 7) is 3.18. The number of likely N-dealkylation sites (tertiary alicyclic amines) is 1. The zero-order valence-corrected chi connectivity index (χ0v) is 10.8. The lowest BCUT2D eigenvalue weighted by Crippen LogP contribution is -2.33. The van der Waals surface area contributed by atoms with Crippen molar-refractivity contribution in [2.75, 3.05) is 13.2 Å². The molecule has 1 aromatic carbocycles. The highest BCUT2D eigenvalue weighted by molar-refractivity contribution is 5.85. The first-order valence-electron chi connectivity index (χ1n) is 6.30.